The second kappa shape index (κ2) is 7.28. The van der Waals surface area contributed by atoms with E-state index < -0.39 is 0 Å². The van der Waals surface area contributed by atoms with Crippen LogP contribution in [0.2, 0.25) is 0 Å². The Morgan fingerprint density at radius 2 is 2.00 bits per heavy atom. The van der Waals surface area contributed by atoms with Crippen LogP contribution in [0.4, 0.5) is 15.2 Å². The van der Waals surface area contributed by atoms with Crippen LogP contribution in [-0.4, -0.2) is 23.3 Å². The van der Waals surface area contributed by atoms with Gasteiger partial charge in [-0.15, -0.1) is 11.3 Å². The summed E-state index contributed by atoms with van der Waals surface area (Å²) in [5, 5.41) is 5.05. The zero-order valence-electron chi connectivity index (χ0n) is 14.3. The number of carbonyl (C=O) groups excluding carboxylic acids is 2. The van der Waals surface area contributed by atoms with Crippen LogP contribution in [-0.2, 0) is 4.79 Å². The molecule has 0 saturated carbocycles. The van der Waals surface area contributed by atoms with Crippen molar-refractivity contribution in [1.29, 1.82) is 0 Å². The molecule has 27 heavy (non-hydrogen) atoms. The van der Waals surface area contributed by atoms with Crippen LogP contribution in [0, 0.1) is 5.82 Å². The fourth-order valence-corrected chi connectivity index (χ4v) is 3.70. The highest BCUT2D eigenvalue weighted by molar-refractivity contribution is 7.14. The number of anilines is 2. The number of rotatable bonds is 4. The molecule has 1 aromatic heterocycles. The zero-order chi connectivity index (χ0) is 18.8. The van der Waals surface area contributed by atoms with Crippen molar-refractivity contribution in [3.63, 3.8) is 0 Å². The first kappa shape index (κ1) is 17.4. The highest BCUT2D eigenvalue weighted by Gasteiger charge is 2.22. The van der Waals surface area contributed by atoms with E-state index in [0.717, 1.165) is 17.7 Å². The van der Waals surface area contributed by atoms with Crippen LogP contribution >= 0.6 is 11.3 Å². The number of carbonyl (C=O) groups is 2. The number of nitrogens with one attached hydrogen (secondary N) is 1. The van der Waals surface area contributed by atoms with E-state index in [2.05, 4.69) is 10.3 Å². The third-order valence-corrected chi connectivity index (χ3v) is 5.12. The summed E-state index contributed by atoms with van der Waals surface area (Å²) in [6.45, 7) is 0.678. The highest BCUT2D eigenvalue weighted by atomic mass is 32.1. The number of nitrogens with zero attached hydrogens (tertiary/aromatic N) is 2. The Morgan fingerprint density at radius 1 is 1.19 bits per heavy atom. The molecule has 2 aromatic carbocycles. The number of thiazole rings is 1. The Balaban J connectivity index is 1.50. The molecule has 1 aliphatic heterocycles. The van der Waals surface area contributed by atoms with Gasteiger partial charge in [0.25, 0.3) is 5.91 Å². The summed E-state index contributed by atoms with van der Waals surface area (Å²) in [7, 11) is 0. The van der Waals surface area contributed by atoms with Crippen molar-refractivity contribution in [3.05, 3.63) is 65.3 Å². The Kier molecular flexibility index (Phi) is 4.68. The minimum atomic E-state index is -0.307. The number of benzene rings is 2. The quantitative estimate of drug-likeness (QED) is 0.732. The van der Waals surface area contributed by atoms with Crippen LogP contribution in [0.3, 0.4) is 0 Å². The van der Waals surface area contributed by atoms with Crippen molar-refractivity contribution in [2.45, 2.75) is 12.8 Å². The van der Waals surface area contributed by atoms with Crippen LogP contribution in [0.5, 0.6) is 0 Å². The van der Waals surface area contributed by atoms with Gasteiger partial charge in [0.15, 0.2) is 5.13 Å². The van der Waals surface area contributed by atoms with Crippen LogP contribution in [0.25, 0.3) is 11.3 Å². The van der Waals surface area contributed by atoms with E-state index in [9.17, 15) is 14.0 Å². The van der Waals surface area contributed by atoms with Gasteiger partial charge in [-0.2, -0.15) is 0 Å². The minimum Gasteiger partial charge on any atom is -0.312 e. The van der Waals surface area contributed by atoms with Gasteiger partial charge in [0.1, 0.15) is 5.82 Å². The van der Waals surface area contributed by atoms with E-state index in [1.165, 1.54) is 23.5 Å². The summed E-state index contributed by atoms with van der Waals surface area (Å²) in [6, 6.07) is 13.0. The van der Waals surface area contributed by atoms with Crippen molar-refractivity contribution in [1.82, 2.24) is 4.98 Å². The fourth-order valence-electron chi connectivity index (χ4n) is 2.99. The van der Waals surface area contributed by atoms with Crippen molar-refractivity contribution in [3.8, 4) is 11.3 Å². The number of halogens is 1. The average molecular weight is 381 g/mol. The SMILES string of the molecule is O=C(Nc1nc(-c2ccc(F)cc2)cs1)c1cccc(N2CCCC2=O)c1. The molecular weight excluding hydrogens is 365 g/mol. The van der Waals surface area contributed by atoms with Crippen LogP contribution in [0.1, 0.15) is 23.2 Å². The second-order valence-electron chi connectivity index (χ2n) is 6.20. The Bertz CT molecular complexity index is 1000. The molecular formula is C20H16FN3O2S. The van der Waals surface area contributed by atoms with Gasteiger partial charge in [-0.05, 0) is 48.9 Å². The summed E-state index contributed by atoms with van der Waals surface area (Å²) < 4.78 is 13.0. The summed E-state index contributed by atoms with van der Waals surface area (Å²) in [5.74, 6) is -0.515. The fraction of sp³-hybridized carbons (Fsp3) is 0.150. The van der Waals surface area contributed by atoms with Crippen LogP contribution in [0.15, 0.2) is 53.9 Å². The van der Waals surface area contributed by atoms with Crippen molar-refractivity contribution in [2.24, 2.45) is 0 Å². The van der Waals surface area contributed by atoms with E-state index in [4.69, 9.17) is 0 Å². The molecule has 2 heterocycles. The maximum Gasteiger partial charge on any atom is 0.257 e. The topological polar surface area (TPSA) is 62.3 Å². The maximum absolute atomic E-state index is 13.0. The number of aromatic nitrogens is 1. The molecule has 1 aliphatic rings. The molecule has 0 unspecified atom stereocenters. The lowest BCUT2D eigenvalue weighted by Gasteiger charge is -2.16. The van der Waals surface area contributed by atoms with E-state index in [0.29, 0.717) is 29.4 Å². The molecule has 136 valence electrons. The lowest BCUT2D eigenvalue weighted by atomic mass is 10.1. The first-order valence-electron chi connectivity index (χ1n) is 8.53. The number of amides is 2. The molecule has 1 N–H and O–H groups in total. The van der Waals surface area contributed by atoms with Gasteiger partial charge in [0.05, 0.1) is 5.69 Å². The standard InChI is InChI=1S/C20H16FN3O2S/c21-15-8-6-13(7-9-15)17-12-27-20(22-17)23-19(26)14-3-1-4-16(11-14)24-10-2-5-18(24)25/h1,3-4,6-9,11-12H,2,5,10H2,(H,22,23,26). The summed E-state index contributed by atoms with van der Waals surface area (Å²) >= 11 is 1.30. The summed E-state index contributed by atoms with van der Waals surface area (Å²) in [6.07, 6.45) is 1.38. The molecule has 3 aromatic rings. The first-order chi connectivity index (χ1) is 13.1. The average Bonchev–Trinajstić information content (AvgIpc) is 3.31. The first-order valence-corrected chi connectivity index (χ1v) is 9.41. The van der Waals surface area contributed by atoms with Gasteiger partial charge in [0, 0.05) is 35.2 Å². The molecule has 1 fully saturated rings. The minimum absolute atomic E-state index is 0.0800. The second-order valence-corrected chi connectivity index (χ2v) is 7.06. The highest BCUT2D eigenvalue weighted by Crippen LogP contribution is 2.26. The Hall–Kier alpha value is -3.06. The largest absolute Gasteiger partial charge is 0.312 e. The molecule has 0 bridgehead atoms. The predicted molar refractivity (Wildman–Crippen MR) is 103 cm³/mol. The van der Waals surface area contributed by atoms with E-state index >= 15 is 0 Å². The predicted octanol–water partition coefficient (Wildman–Crippen LogP) is 4.33. The molecule has 1 saturated heterocycles. The van der Waals surface area contributed by atoms with Gasteiger partial charge in [0.2, 0.25) is 5.91 Å². The molecule has 7 heteroatoms. The molecule has 5 nitrogen and oxygen atoms in total. The summed E-state index contributed by atoms with van der Waals surface area (Å²) in [4.78, 5) is 30.5. The van der Waals surface area contributed by atoms with Crippen LogP contribution < -0.4 is 10.2 Å². The molecule has 0 radical (unpaired) electrons. The van der Waals surface area contributed by atoms with E-state index in [1.807, 2.05) is 11.4 Å². The Labute approximate surface area is 159 Å². The van der Waals surface area contributed by atoms with Gasteiger partial charge in [-0.3, -0.25) is 14.9 Å². The summed E-state index contributed by atoms with van der Waals surface area (Å²) in [5.41, 5.74) is 2.65. The smallest absolute Gasteiger partial charge is 0.257 e. The normalized spacial score (nSPS) is 13.8. The van der Waals surface area contributed by atoms with Crippen molar-refractivity contribution < 1.29 is 14.0 Å². The van der Waals surface area contributed by atoms with Gasteiger partial charge < -0.3 is 4.90 Å². The molecule has 0 atom stereocenters. The lowest BCUT2D eigenvalue weighted by molar-refractivity contribution is -0.117. The molecule has 2 amide bonds. The van der Waals surface area contributed by atoms with Crippen molar-refractivity contribution in [2.75, 3.05) is 16.8 Å². The number of hydrogen-bond donors (Lipinski definition) is 1. The number of hydrogen-bond acceptors (Lipinski definition) is 4. The third kappa shape index (κ3) is 3.73. The molecule has 4 rings (SSSR count). The van der Waals surface area contributed by atoms with Gasteiger partial charge in [-0.25, -0.2) is 9.37 Å². The van der Waals surface area contributed by atoms with Crippen molar-refractivity contribution >= 4 is 34.0 Å². The molecule has 0 aliphatic carbocycles. The maximum atomic E-state index is 13.0. The lowest BCUT2D eigenvalue weighted by Crippen LogP contribution is -2.24. The zero-order valence-corrected chi connectivity index (χ0v) is 15.1. The monoisotopic (exact) mass is 381 g/mol. The van der Waals surface area contributed by atoms with Gasteiger partial charge in [-0.1, -0.05) is 6.07 Å². The van der Waals surface area contributed by atoms with Gasteiger partial charge >= 0.3 is 0 Å². The molecule has 0 spiro atoms. The Morgan fingerprint density at radius 3 is 2.74 bits per heavy atom. The third-order valence-electron chi connectivity index (χ3n) is 4.36. The van der Waals surface area contributed by atoms with E-state index in [-0.39, 0.29) is 17.6 Å². The van der Waals surface area contributed by atoms with E-state index in [1.54, 1.807) is 35.2 Å².